The van der Waals surface area contributed by atoms with Gasteiger partial charge >= 0.3 is 0 Å². The van der Waals surface area contributed by atoms with Crippen LogP contribution in [0.15, 0.2) is 41.4 Å². The van der Waals surface area contributed by atoms with E-state index in [9.17, 15) is 9.90 Å². The Kier molecular flexibility index (Phi) is 1.64. The first kappa shape index (κ1) is 8.78. The molecule has 80 valence electrons. The lowest BCUT2D eigenvalue weighted by atomic mass is 10.2. The van der Waals surface area contributed by atoms with E-state index >= 15 is 0 Å². The fourth-order valence-electron chi connectivity index (χ4n) is 1.72. The second-order valence-corrected chi connectivity index (χ2v) is 3.37. The van der Waals surface area contributed by atoms with Crippen LogP contribution >= 0.6 is 0 Å². The number of fused-ring (bicyclic) bond motifs is 3. The molecule has 3 rings (SSSR count). The van der Waals surface area contributed by atoms with Crippen LogP contribution < -0.4 is 15.6 Å². The number of aliphatic hydroxyl groups excluding tert-OH is 1. The molecule has 0 spiro atoms. The normalized spacial score (nSPS) is 17.5. The predicted molar refractivity (Wildman–Crippen MR) is 58.8 cm³/mol. The lowest BCUT2D eigenvalue weighted by Crippen LogP contribution is -2.46. The third-order valence-electron chi connectivity index (χ3n) is 2.40. The average Bonchev–Trinajstić information content (AvgIpc) is 2.30. The Morgan fingerprint density at radius 2 is 2.12 bits per heavy atom. The van der Waals surface area contributed by atoms with E-state index in [1.807, 2.05) is 12.1 Å². The van der Waals surface area contributed by atoms with Gasteiger partial charge in [0.15, 0.2) is 0 Å². The summed E-state index contributed by atoms with van der Waals surface area (Å²) in [6.45, 7) is 0. The van der Waals surface area contributed by atoms with E-state index in [0.717, 1.165) is 0 Å². The second-order valence-electron chi connectivity index (χ2n) is 3.37. The van der Waals surface area contributed by atoms with Crippen molar-refractivity contribution in [1.29, 1.82) is 0 Å². The molecular formula is C10H8N4O2. The molecule has 0 aliphatic carbocycles. The minimum absolute atomic E-state index is 0.0627. The third kappa shape index (κ3) is 1.07. The summed E-state index contributed by atoms with van der Waals surface area (Å²) in [5.41, 5.74) is 3.81. The summed E-state index contributed by atoms with van der Waals surface area (Å²) < 4.78 is 0. The van der Waals surface area contributed by atoms with Gasteiger partial charge in [-0.15, -0.1) is 0 Å². The molecule has 6 heteroatoms. The highest BCUT2D eigenvalue weighted by atomic mass is 16.3. The molecule has 1 amide bonds. The SMILES string of the molecule is O=C1Nc2ccccc2N2C(O)=CNN=C12. The number of para-hydroxylation sites is 2. The van der Waals surface area contributed by atoms with E-state index in [1.165, 1.54) is 11.1 Å². The van der Waals surface area contributed by atoms with E-state index < -0.39 is 0 Å². The lowest BCUT2D eigenvalue weighted by molar-refractivity contribution is -0.110. The first-order valence-electron chi connectivity index (χ1n) is 4.70. The smallest absolute Gasteiger partial charge is 0.294 e. The number of hydrogen-bond donors (Lipinski definition) is 3. The van der Waals surface area contributed by atoms with Crippen molar-refractivity contribution in [2.45, 2.75) is 0 Å². The maximum absolute atomic E-state index is 11.7. The molecular weight excluding hydrogens is 208 g/mol. The van der Waals surface area contributed by atoms with Crippen LogP contribution in [0.1, 0.15) is 0 Å². The Hall–Kier alpha value is -2.50. The number of nitrogens with zero attached hydrogens (tertiary/aromatic N) is 2. The van der Waals surface area contributed by atoms with Crippen LogP contribution in [0.4, 0.5) is 11.4 Å². The molecule has 1 aromatic rings. The van der Waals surface area contributed by atoms with Gasteiger partial charge < -0.3 is 10.4 Å². The molecule has 2 heterocycles. The van der Waals surface area contributed by atoms with Gasteiger partial charge in [0.2, 0.25) is 11.7 Å². The monoisotopic (exact) mass is 216 g/mol. The van der Waals surface area contributed by atoms with Crippen molar-refractivity contribution in [2.75, 3.05) is 10.2 Å². The number of hydrogen-bond acceptors (Lipinski definition) is 5. The zero-order chi connectivity index (χ0) is 11.1. The molecule has 2 aliphatic heterocycles. The number of nitrogens with one attached hydrogen (secondary N) is 2. The molecule has 16 heavy (non-hydrogen) atoms. The van der Waals surface area contributed by atoms with Gasteiger partial charge in [0, 0.05) is 0 Å². The summed E-state index contributed by atoms with van der Waals surface area (Å²) >= 11 is 0. The number of carbonyl (C=O) groups excluding carboxylic acids is 1. The van der Waals surface area contributed by atoms with Crippen molar-refractivity contribution in [1.82, 2.24) is 5.43 Å². The van der Waals surface area contributed by atoms with Gasteiger partial charge in [0.1, 0.15) is 0 Å². The van der Waals surface area contributed by atoms with Gasteiger partial charge in [-0.05, 0) is 12.1 Å². The van der Waals surface area contributed by atoms with Crippen molar-refractivity contribution in [3.05, 3.63) is 36.3 Å². The Bertz CT molecular complexity index is 535. The van der Waals surface area contributed by atoms with Crippen LogP contribution in [0.5, 0.6) is 0 Å². The van der Waals surface area contributed by atoms with Gasteiger partial charge in [-0.3, -0.25) is 15.1 Å². The highest BCUT2D eigenvalue weighted by Crippen LogP contribution is 2.32. The van der Waals surface area contributed by atoms with Crippen molar-refractivity contribution in [3.8, 4) is 0 Å². The molecule has 1 aromatic carbocycles. The van der Waals surface area contributed by atoms with Crippen LogP contribution in [-0.4, -0.2) is 16.8 Å². The van der Waals surface area contributed by atoms with Crippen LogP contribution in [0, 0.1) is 0 Å². The summed E-state index contributed by atoms with van der Waals surface area (Å²) in [5, 5.41) is 16.2. The van der Waals surface area contributed by atoms with Gasteiger partial charge in [0.05, 0.1) is 17.6 Å². The van der Waals surface area contributed by atoms with E-state index in [2.05, 4.69) is 15.8 Å². The Labute approximate surface area is 90.9 Å². The molecule has 3 N–H and O–H groups in total. The summed E-state index contributed by atoms with van der Waals surface area (Å²) in [6, 6.07) is 7.19. The van der Waals surface area contributed by atoms with Crippen LogP contribution in [0.2, 0.25) is 0 Å². The Balaban J connectivity index is 2.21. The molecule has 2 aliphatic rings. The molecule has 0 bridgehead atoms. The van der Waals surface area contributed by atoms with Gasteiger partial charge in [-0.1, -0.05) is 12.1 Å². The zero-order valence-corrected chi connectivity index (χ0v) is 8.14. The number of aliphatic hydroxyl groups is 1. The number of amides is 1. The van der Waals surface area contributed by atoms with Crippen molar-refractivity contribution in [3.63, 3.8) is 0 Å². The third-order valence-corrected chi connectivity index (χ3v) is 2.40. The molecule has 0 unspecified atom stereocenters. The van der Waals surface area contributed by atoms with E-state index in [-0.39, 0.29) is 17.6 Å². The highest BCUT2D eigenvalue weighted by Gasteiger charge is 2.33. The van der Waals surface area contributed by atoms with Crippen molar-refractivity contribution in [2.24, 2.45) is 5.10 Å². The number of anilines is 2. The van der Waals surface area contributed by atoms with Gasteiger partial charge in [-0.25, -0.2) is 0 Å². The standard InChI is InChI=1S/C10H8N4O2/c15-8-5-11-13-9-10(16)12-6-3-1-2-4-7(6)14(8)9/h1-5,11,15H,(H,12,16). The maximum Gasteiger partial charge on any atom is 0.294 e. The first-order chi connectivity index (χ1) is 7.77. The van der Waals surface area contributed by atoms with Crippen molar-refractivity contribution < 1.29 is 9.90 Å². The summed E-state index contributed by atoms with van der Waals surface area (Å²) in [4.78, 5) is 13.1. The Morgan fingerprint density at radius 1 is 1.31 bits per heavy atom. The number of benzene rings is 1. The first-order valence-corrected chi connectivity index (χ1v) is 4.70. The summed E-state index contributed by atoms with van der Waals surface area (Å²) in [5.74, 6) is -0.295. The largest absolute Gasteiger partial charge is 0.493 e. The number of hydrazone groups is 1. The molecule has 6 nitrogen and oxygen atoms in total. The fourth-order valence-corrected chi connectivity index (χ4v) is 1.72. The average molecular weight is 216 g/mol. The fraction of sp³-hybridized carbons (Fsp3) is 0. The quantitative estimate of drug-likeness (QED) is 0.597. The second kappa shape index (κ2) is 2.99. The molecule has 0 fully saturated rings. The molecule has 0 radical (unpaired) electrons. The van der Waals surface area contributed by atoms with Gasteiger partial charge in [-0.2, -0.15) is 5.10 Å². The van der Waals surface area contributed by atoms with E-state index in [0.29, 0.717) is 11.4 Å². The van der Waals surface area contributed by atoms with Crippen LogP contribution in [0.25, 0.3) is 0 Å². The van der Waals surface area contributed by atoms with Crippen LogP contribution in [0.3, 0.4) is 0 Å². The number of carbonyl (C=O) groups is 1. The summed E-state index contributed by atoms with van der Waals surface area (Å²) in [6.07, 6.45) is 1.32. The summed E-state index contributed by atoms with van der Waals surface area (Å²) in [7, 11) is 0. The molecule has 0 saturated carbocycles. The maximum atomic E-state index is 11.7. The number of amidine groups is 1. The molecule has 0 aromatic heterocycles. The van der Waals surface area contributed by atoms with Crippen LogP contribution in [-0.2, 0) is 4.79 Å². The van der Waals surface area contributed by atoms with Gasteiger partial charge in [0.25, 0.3) is 5.91 Å². The van der Waals surface area contributed by atoms with E-state index in [1.54, 1.807) is 12.1 Å². The highest BCUT2D eigenvalue weighted by molar-refractivity contribution is 6.49. The van der Waals surface area contributed by atoms with Crippen molar-refractivity contribution >= 4 is 23.1 Å². The molecule has 0 saturated heterocycles. The zero-order valence-electron chi connectivity index (χ0n) is 8.14. The van der Waals surface area contributed by atoms with E-state index in [4.69, 9.17) is 0 Å². The Morgan fingerprint density at radius 3 is 3.00 bits per heavy atom. The lowest BCUT2D eigenvalue weighted by Gasteiger charge is -2.31. The molecule has 0 atom stereocenters. The topological polar surface area (TPSA) is 77.0 Å². The predicted octanol–water partition coefficient (Wildman–Crippen LogP) is 0.719. The number of rotatable bonds is 0. The minimum atomic E-state index is -0.356. The minimum Gasteiger partial charge on any atom is -0.493 e.